The van der Waals surface area contributed by atoms with Crippen LogP contribution in [0.15, 0.2) is 0 Å². The van der Waals surface area contributed by atoms with E-state index in [0.717, 1.165) is 25.7 Å². The minimum atomic E-state index is -2.51. The Morgan fingerprint density at radius 2 is 0.551 bits per heavy atom. The Balaban J connectivity index is -0.000000153. The van der Waals surface area contributed by atoms with Crippen LogP contribution < -0.4 is 20.4 Å². The predicted octanol–water partition coefficient (Wildman–Crippen LogP) is -5.53. The van der Waals surface area contributed by atoms with Crippen LogP contribution in [0, 0.1) is 114 Å². The van der Waals surface area contributed by atoms with Crippen molar-refractivity contribution in [3.8, 4) is 0 Å². The van der Waals surface area contributed by atoms with E-state index in [0.29, 0.717) is 52.1 Å². The number of ether oxygens (including phenoxy) is 4. The van der Waals surface area contributed by atoms with Crippen LogP contribution in [0.4, 0.5) is 0 Å². The molecule has 0 bridgehead atoms. The van der Waals surface area contributed by atoms with Gasteiger partial charge in [0.2, 0.25) is 0 Å². The van der Waals surface area contributed by atoms with Gasteiger partial charge < -0.3 is 89.2 Å². The molecule has 4 saturated heterocycles. The van der Waals surface area contributed by atoms with Crippen molar-refractivity contribution in [1.82, 2.24) is 0 Å². The monoisotopic (exact) mass is 1390 g/mol. The molecule has 4 heterocycles. The van der Waals surface area contributed by atoms with Crippen LogP contribution in [-0.2, 0) is 51.5 Å². The number of rotatable bonds is 4. The van der Waals surface area contributed by atoms with Crippen molar-refractivity contribution in [2.45, 2.75) is 75.8 Å². The third-order valence-corrected chi connectivity index (χ3v) is 4.77. The molecule has 29 heteroatoms. The number of carbonyl (C=O) groups excluding carboxylic acids is 4. The van der Waals surface area contributed by atoms with E-state index in [1.807, 2.05) is 0 Å². The standard InChI is InChI=1S/4C5H8O3.2NO3.6O.3U/c4*6-5(7)4-2-1-3-8-4;2*2-1(3)4;;;;;;;;;/h4*4H,1-3H2,(H,6,7);;;;;;;;;;;/q;;;;2*-1;;;;;;;3*+2/p-4. The van der Waals surface area contributed by atoms with Crippen molar-refractivity contribution in [2.24, 2.45) is 0 Å². The van der Waals surface area contributed by atoms with E-state index >= 15 is 0 Å². The maximum absolute atomic E-state index is 9.97. The summed E-state index contributed by atoms with van der Waals surface area (Å²) in [5, 5.41) is 69.4. The number of hydrogen-bond acceptors (Lipinski definition) is 24. The van der Waals surface area contributed by atoms with Crippen LogP contribution >= 0.6 is 0 Å². The Morgan fingerprint density at radius 3 is 0.592 bits per heavy atom. The molecular formula is C20H28N2O24U3. The molecule has 26 nitrogen and oxygen atoms in total. The Bertz CT molecular complexity index is 884. The molecule has 0 saturated carbocycles. The van der Waals surface area contributed by atoms with Crippen LogP contribution in [0.1, 0.15) is 51.4 Å². The van der Waals surface area contributed by atoms with Gasteiger partial charge in [0.1, 0.15) is 0 Å². The predicted molar refractivity (Wildman–Crippen MR) is 121 cm³/mol. The molecule has 274 valence electrons. The van der Waals surface area contributed by atoms with Crippen LogP contribution in [-0.4, -0.2) is 84.9 Å². The molecular weight excluding hydrogens is 1370 g/mol. The summed E-state index contributed by atoms with van der Waals surface area (Å²) in [4.78, 5) is 56.4. The van der Waals surface area contributed by atoms with Crippen molar-refractivity contribution in [3.63, 3.8) is 0 Å². The van der Waals surface area contributed by atoms with E-state index in [-0.39, 0.29) is 0 Å². The number of nitrogens with zero attached hydrogens (tertiary/aromatic N) is 2. The average Bonchev–Trinajstić information content (AvgIpc) is 3.84. The minimum absolute atomic E-state index is 0.568. The Hall–Kier alpha value is -1.92. The van der Waals surface area contributed by atoms with Gasteiger partial charge in [-0.1, -0.05) is 0 Å². The van der Waals surface area contributed by atoms with Gasteiger partial charge in [0.05, 0.1) is 58.5 Å². The van der Waals surface area contributed by atoms with Crippen LogP contribution in [0.3, 0.4) is 0 Å². The first-order valence-corrected chi connectivity index (χ1v) is 23.0. The summed E-state index contributed by atoms with van der Waals surface area (Å²) in [5.41, 5.74) is 0. The van der Waals surface area contributed by atoms with Gasteiger partial charge in [-0.05, 0) is 51.4 Å². The second-order valence-corrected chi connectivity index (χ2v) is 10.1. The summed E-state index contributed by atoms with van der Waals surface area (Å²) < 4.78 is 70.5. The van der Waals surface area contributed by atoms with Gasteiger partial charge in [-0.25, -0.2) is 0 Å². The molecule has 0 aliphatic carbocycles. The Labute approximate surface area is 319 Å². The third-order valence-electron chi connectivity index (χ3n) is 4.77. The summed E-state index contributed by atoms with van der Waals surface area (Å²) in [6.45, 7) is 2.27. The van der Waals surface area contributed by atoms with E-state index < -0.39 is 142 Å². The molecule has 0 spiro atoms. The van der Waals surface area contributed by atoms with Gasteiger partial charge >= 0.3 is 96.9 Å². The molecule has 0 aromatic heterocycles. The SMILES string of the molecule is O=C([O-])C1CCCO1.O=C([O-])C1CCCO1.O=C([O-])C1CCCO1.O=C([O-])C1CCCO1.O=[N+]([O-])[O-].O=[N+]([O-])[O-].[O]=[U+2]=[O].[O]=[U+2]=[O].[O]=[U+2]=[O]. The molecule has 49 heavy (non-hydrogen) atoms. The van der Waals surface area contributed by atoms with E-state index in [1.54, 1.807) is 0 Å². The second kappa shape index (κ2) is 42.2. The van der Waals surface area contributed by atoms with Gasteiger partial charge in [0.25, 0.3) is 0 Å². The first-order chi connectivity index (χ1) is 22.9. The van der Waals surface area contributed by atoms with Crippen LogP contribution in [0.5, 0.6) is 0 Å². The van der Waals surface area contributed by atoms with E-state index in [2.05, 4.69) is 0 Å². The molecule has 0 aromatic rings. The van der Waals surface area contributed by atoms with Crippen molar-refractivity contribution in [1.29, 1.82) is 0 Å². The average molecular weight is 1390 g/mol. The second-order valence-electron chi connectivity index (χ2n) is 7.98. The fraction of sp³-hybridized carbons (Fsp3) is 0.800. The zero-order chi connectivity index (χ0) is 39.2. The molecule has 4 atom stereocenters. The first-order valence-electron chi connectivity index (χ1n) is 12.8. The molecule has 0 aromatic carbocycles. The Morgan fingerprint density at radius 1 is 0.429 bits per heavy atom. The normalized spacial score (nSPS) is 19.9. The summed E-state index contributed by atoms with van der Waals surface area (Å²) in [6.07, 6.45) is 3.32. The summed E-state index contributed by atoms with van der Waals surface area (Å²) in [5.74, 6) is -4.32. The van der Waals surface area contributed by atoms with Crippen LogP contribution in [0.25, 0.3) is 0 Å². The molecule has 4 aliphatic rings. The topological polar surface area (TPSA) is 432 Å². The Kier molecular flexibility index (Phi) is 48.7. The summed E-state index contributed by atoms with van der Waals surface area (Å²) >= 11 is -7.52. The van der Waals surface area contributed by atoms with Gasteiger partial charge in [-0.2, -0.15) is 0 Å². The number of carbonyl (C=O) groups is 4. The molecule has 4 fully saturated rings. The molecule has 0 amide bonds. The third kappa shape index (κ3) is 50.6. The quantitative estimate of drug-likeness (QED) is 0.187. The van der Waals surface area contributed by atoms with E-state index in [1.165, 1.54) is 0 Å². The number of hydrogen-bond donors (Lipinski definition) is 0. The van der Waals surface area contributed by atoms with Crippen molar-refractivity contribution in [3.05, 3.63) is 30.6 Å². The van der Waals surface area contributed by atoms with Gasteiger partial charge in [0, 0.05) is 26.4 Å². The van der Waals surface area contributed by atoms with Crippen molar-refractivity contribution >= 4 is 23.9 Å². The van der Waals surface area contributed by atoms with Crippen LogP contribution in [0.2, 0.25) is 0 Å². The fourth-order valence-corrected chi connectivity index (χ4v) is 3.05. The zero-order valence-electron chi connectivity index (χ0n) is 25.0. The number of carboxylic acid groups (broad SMARTS) is 4. The molecule has 0 N–H and O–H groups in total. The number of carboxylic acids is 4. The number of aliphatic carboxylic acids is 4. The maximum atomic E-state index is 9.97. The molecule has 0 radical (unpaired) electrons. The molecule has 4 aliphatic heterocycles. The van der Waals surface area contributed by atoms with Gasteiger partial charge in [-0.3, -0.25) is 0 Å². The first kappa shape index (κ1) is 56.5. The molecule has 4 rings (SSSR count). The summed E-state index contributed by atoms with van der Waals surface area (Å²) in [7, 11) is 0. The van der Waals surface area contributed by atoms with Gasteiger partial charge in [-0.15, -0.1) is 0 Å². The van der Waals surface area contributed by atoms with E-state index in [9.17, 15) is 39.6 Å². The fourth-order valence-electron chi connectivity index (χ4n) is 3.05. The molecule has 4 unspecified atom stereocenters. The van der Waals surface area contributed by atoms with Crippen molar-refractivity contribution in [2.75, 3.05) is 26.4 Å². The summed E-state index contributed by atoms with van der Waals surface area (Å²) in [6, 6.07) is 0. The van der Waals surface area contributed by atoms with E-state index in [4.69, 9.17) is 63.0 Å². The zero-order valence-corrected chi connectivity index (χ0v) is 37.5. The van der Waals surface area contributed by atoms with Crippen molar-refractivity contribution < 1.29 is 166 Å². The van der Waals surface area contributed by atoms with Gasteiger partial charge in [0.15, 0.2) is 0 Å².